The molecule has 0 heterocycles. The van der Waals surface area contributed by atoms with Crippen LogP contribution in [0.5, 0.6) is 0 Å². The average molecular weight is 354 g/mol. The van der Waals surface area contributed by atoms with Crippen LogP contribution in [0.15, 0.2) is 29.4 Å². The molecule has 0 spiro atoms. The van der Waals surface area contributed by atoms with Crippen LogP contribution in [0.3, 0.4) is 0 Å². The smallest absolute Gasteiger partial charge is 0.311 e. The van der Waals surface area contributed by atoms with Gasteiger partial charge in [-0.15, -0.1) is 0 Å². The Balaban J connectivity index is 2.34. The number of ether oxygens (including phenoxy) is 1. The van der Waals surface area contributed by atoms with Crippen LogP contribution in [0.4, 0.5) is 5.69 Å². The molecule has 0 radical (unpaired) electrons. The van der Waals surface area contributed by atoms with E-state index in [0.29, 0.717) is 23.0 Å². The van der Waals surface area contributed by atoms with Gasteiger partial charge in [-0.3, -0.25) is 14.4 Å². The molecule has 0 aliphatic heterocycles. The number of halogens is 1. The number of nitrogens with zero attached hydrogens (tertiary/aromatic N) is 1. The molecule has 2 N–H and O–H groups in total. The van der Waals surface area contributed by atoms with Gasteiger partial charge in [0.1, 0.15) is 0 Å². The molecule has 0 bridgehead atoms. The van der Waals surface area contributed by atoms with Crippen molar-refractivity contribution in [2.24, 2.45) is 5.10 Å². The Labute approximate surface area is 145 Å². The van der Waals surface area contributed by atoms with Gasteiger partial charge in [-0.25, -0.2) is 5.43 Å². The zero-order valence-electron chi connectivity index (χ0n) is 13.6. The van der Waals surface area contributed by atoms with Crippen LogP contribution < -0.4 is 10.7 Å². The molecule has 1 aromatic carbocycles. The highest BCUT2D eigenvalue weighted by Crippen LogP contribution is 2.20. The average Bonchev–Trinajstić information content (AvgIpc) is 2.53. The summed E-state index contributed by atoms with van der Waals surface area (Å²) in [6.07, 6.45) is -0.0446. The number of hydrazone groups is 1. The molecule has 1 rings (SSSR count). The third-order valence-electron chi connectivity index (χ3n) is 2.80. The molecule has 0 saturated carbocycles. The highest BCUT2D eigenvalue weighted by atomic mass is 35.5. The molecule has 8 heteroatoms. The van der Waals surface area contributed by atoms with E-state index in [4.69, 9.17) is 16.3 Å². The fourth-order valence-corrected chi connectivity index (χ4v) is 1.86. The zero-order valence-corrected chi connectivity index (χ0v) is 14.4. The van der Waals surface area contributed by atoms with Gasteiger partial charge in [-0.2, -0.15) is 5.10 Å². The first-order valence-corrected chi connectivity index (χ1v) is 7.82. The van der Waals surface area contributed by atoms with Crippen LogP contribution >= 0.6 is 11.6 Å². The lowest BCUT2D eigenvalue weighted by Crippen LogP contribution is -2.22. The Morgan fingerprint density at radius 3 is 2.50 bits per heavy atom. The van der Waals surface area contributed by atoms with E-state index in [0.717, 1.165) is 0 Å². The van der Waals surface area contributed by atoms with Gasteiger partial charge in [0.15, 0.2) is 0 Å². The second-order valence-electron chi connectivity index (χ2n) is 4.89. The van der Waals surface area contributed by atoms with Gasteiger partial charge < -0.3 is 10.1 Å². The summed E-state index contributed by atoms with van der Waals surface area (Å²) >= 11 is 5.93. The molecule has 130 valence electrons. The number of hydrogen-bond acceptors (Lipinski definition) is 5. The highest BCUT2D eigenvalue weighted by molar-refractivity contribution is 6.33. The molecule has 0 saturated heterocycles. The molecular weight excluding hydrogens is 334 g/mol. The number of rotatable bonds is 8. The van der Waals surface area contributed by atoms with Crippen LogP contribution in [0, 0.1) is 0 Å². The van der Waals surface area contributed by atoms with Crippen molar-refractivity contribution in [2.75, 3.05) is 11.9 Å². The largest absolute Gasteiger partial charge is 0.466 e. The maximum absolute atomic E-state index is 11.8. The standard InChI is InChI=1S/C16H20ClN3O4/c1-3-24-16(23)10-11(2)19-20-15(22)9-8-14(21)18-13-7-5-4-6-12(13)17/h4-7H,3,8-10H2,1-2H3,(H,18,21)(H,20,22)/b19-11-. The summed E-state index contributed by atoms with van der Waals surface area (Å²) in [5.74, 6) is -1.16. The van der Waals surface area contributed by atoms with E-state index in [9.17, 15) is 14.4 Å². The van der Waals surface area contributed by atoms with Crippen LogP contribution in [0.2, 0.25) is 5.02 Å². The van der Waals surface area contributed by atoms with Crippen molar-refractivity contribution in [3.63, 3.8) is 0 Å². The minimum absolute atomic E-state index is 0.00110. The van der Waals surface area contributed by atoms with Gasteiger partial charge in [0.25, 0.3) is 0 Å². The number of nitrogens with one attached hydrogen (secondary N) is 2. The molecule has 2 amide bonds. The molecule has 7 nitrogen and oxygen atoms in total. The number of esters is 1. The van der Waals surface area contributed by atoms with Crippen molar-refractivity contribution in [3.05, 3.63) is 29.3 Å². The Morgan fingerprint density at radius 1 is 1.17 bits per heavy atom. The Morgan fingerprint density at radius 2 is 1.83 bits per heavy atom. The lowest BCUT2D eigenvalue weighted by atomic mass is 10.2. The molecule has 1 aromatic rings. The molecule has 0 aromatic heterocycles. The van der Waals surface area contributed by atoms with Crippen LogP contribution in [-0.2, 0) is 19.1 Å². The predicted molar refractivity (Wildman–Crippen MR) is 91.8 cm³/mol. The van der Waals surface area contributed by atoms with E-state index in [2.05, 4.69) is 15.8 Å². The minimum Gasteiger partial charge on any atom is -0.466 e. The van der Waals surface area contributed by atoms with Crippen LogP contribution in [-0.4, -0.2) is 30.1 Å². The molecule has 0 fully saturated rings. The fourth-order valence-electron chi connectivity index (χ4n) is 1.68. The Kier molecular flexibility index (Phi) is 8.49. The minimum atomic E-state index is -0.424. The monoisotopic (exact) mass is 353 g/mol. The molecule has 24 heavy (non-hydrogen) atoms. The molecule has 0 aliphatic carbocycles. The lowest BCUT2D eigenvalue weighted by Gasteiger charge is -2.06. The predicted octanol–water partition coefficient (Wildman–Crippen LogP) is 2.50. The molecular formula is C16H20ClN3O4. The van der Waals surface area contributed by atoms with Crippen LogP contribution in [0.25, 0.3) is 0 Å². The Bertz CT molecular complexity index is 632. The summed E-state index contributed by atoms with van der Waals surface area (Å²) in [5, 5.41) is 6.83. The zero-order chi connectivity index (χ0) is 17.9. The fraction of sp³-hybridized carbons (Fsp3) is 0.375. The first kappa shape index (κ1) is 19.6. The topological polar surface area (TPSA) is 96.9 Å². The van der Waals surface area contributed by atoms with E-state index in [1.165, 1.54) is 0 Å². The summed E-state index contributed by atoms with van der Waals surface area (Å²) in [5.41, 5.74) is 3.21. The van der Waals surface area contributed by atoms with Crippen molar-refractivity contribution in [1.82, 2.24) is 5.43 Å². The lowest BCUT2D eigenvalue weighted by molar-refractivity contribution is -0.141. The van der Waals surface area contributed by atoms with Gasteiger partial charge in [-0.1, -0.05) is 23.7 Å². The number of para-hydroxylation sites is 1. The van der Waals surface area contributed by atoms with Gasteiger partial charge in [-0.05, 0) is 26.0 Å². The third kappa shape index (κ3) is 7.73. The van der Waals surface area contributed by atoms with Crippen molar-refractivity contribution in [1.29, 1.82) is 0 Å². The Hall–Kier alpha value is -2.41. The number of anilines is 1. The number of benzene rings is 1. The number of amides is 2. The van der Waals surface area contributed by atoms with E-state index in [1.807, 2.05) is 0 Å². The molecule has 0 atom stereocenters. The van der Waals surface area contributed by atoms with Crippen molar-refractivity contribution < 1.29 is 19.1 Å². The highest BCUT2D eigenvalue weighted by Gasteiger charge is 2.09. The van der Waals surface area contributed by atoms with Crippen molar-refractivity contribution in [3.8, 4) is 0 Å². The first-order valence-electron chi connectivity index (χ1n) is 7.44. The van der Waals surface area contributed by atoms with E-state index >= 15 is 0 Å². The summed E-state index contributed by atoms with van der Waals surface area (Å²) < 4.78 is 4.77. The van der Waals surface area contributed by atoms with Gasteiger partial charge in [0.2, 0.25) is 11.8 Å². The summed E-state index contributed by atoms with van der Waals surface area (Å²) in [4.78, 5) is 34.7. The van der Waals surface area contributed by atoms with Gasteiger partial charge in [0.05, 0.1) is 23.7 Å². The second-order valence-corrected chi connectivity index (χ2v) is 5.30. The van der Waals surface area contributed by atoms with E-state index in [-0.39, 0.29) is 25.2 Å². The SMILES string of the molecule is CCOC(=O)C/C(C)=N\NC(=O)CCC(=O)Nc1ccccc1Cl. The van der Waals surface area contributed by atoms with Crippen LogP contribution in [0.1, 0.15) is 33.1 Å². The maximum Gasteiger partial charge on any atom is 0.311 e. The number of hydrogen-bond donors (Lipinski definition) is 2. The van der Waals surface area contributed by atoms with Crippen molar-refractivity contribution >= 4 is 40.8 Å². The third-order valence-corrected chi connectivity index (χ3v) is 3.13. The first-order chi connectivity index (χ1) is 11.4. The maximum atomic E-state index is 11.8. The van der Waals surface area contributed by atoms with Gasteiger partial charge in [0, 0.05) is 18.6 Å². The van der Waals surface area contributed by atoms with Crippen molar-refractivity contribution in [2.45, 2.75) is 33.1 Å². The molecule has 0 aliphatic rings. The second kappa shape index (κ2) is 10.4. The summed E-state index contributed by atoms with van der Waals surface area (Å²) in [6.45, 7) is 3.60. The normalized spacial score (nSPS) is 10.9. The van der Waals surface area contributed by atoms with E-state index < -0.39 is 11.9 Å². The quantitative estimate of drug-likeness (QED) is 0.426. The summed E-state index contributed by atoms with van der Waals surface area (Å²) in [7, 11) is 0. The van der Waals surface area contributed by atoms with Gasteiger partial charge >= 0.3 is 5.97 Å². The van der Waals surface area contributed by atoms with E-state index in [1.54, 1.807) is 38.1 Å². The molecule has 0 unspecified atom stereocenters. The summed E-state index contributed by atoms with van der Waals surface area (Å²) in [6, 6.07) is 6.82. The number of carbonyl (C=O) groups is 3. The number of carbonyl (C=O) groups excluding carboxylic acids is 3.